The predicted molar refractivity (Wildman–Crippen MR) is 117 cm³/mol. The van der Waals surface area contributed by atoms with Crippen LogP contribution in [0.5, 0.6) is 0 Å². The second kappa shape index (κ2) is 9.29. The van der Waals surface area contributed by atoms with E-state index in [1.54, 1.807) is 18.7 Å². The molecule has 0 radical (unpaired) electrons. The molecule has 2 heterocycles. The summed E-state index contributed by atoms with van der Waals surface area (Å²) in [5, 5.41) is 14.7. The summed E-state index contributed by atoms with van der Waals surface area (Å²) in [5.74, 6) is -0.407. The van der Waals surface area contributed by atoms with Crippen LogP contribution in [0, 0.1) is 12.8 Å². The zero-order valence-electron chi connectivity index (χ0n) is 18.1. The molecule has 3 rings (SSSR count). The molecule has 11 heteroatoms. The number of ketones is 1. The molecule has 0 saturated heterocycles. The van der Waals surface area contributed by atoms with E-state index in [9.17, 15) is 14.4 Å². The molecule has 2 aromatic heterocycles. The Hall–Kier alpha value is -3.21. The molecule has 1 atom stereocenters. The molecule has 31 heavy (non-hydrogen) atoms. The first kappa shape index (κ1) is 22.5. The molecule has 0 fully saturated rings. The third kappa shape index (κ3) is 4.61. The number of hydrogen-bond acceptors (Lipinski definition) is 7. The van der Waals surface area contributed by atoms with Gasteiger partial charge < -0.3 is 5.32 Å². The molecule has 1 N–H and O–H groups in total. The highest BCUT2D eigenvalue weighted by Gasteiger charge is 2.24. The highest BCUT2D eigenvalue weighted by atomic mass is 32.2. The highest BCUT2D eigenvalue weighted by molar-refractivity contribution is 7.99. The molecule has 1 aromatic carbocycles. The van der Waals surface area contributed by atoms with Gasteiger partial charge in [-0.2, -0.15) is 4.68 Å². The lowest BCUT2D eigenvalue weighted by atomic mass is 10.0. The van der Waals surface area contributed by atoms with E-state index in [-0.39, 0.29) is 28.9 Å². The fraction of sp³-hybridized carbons (Fsp3) is 0.400. The number of tetrazole rings is 1. The lowest BCUT2D eigenvalue weighted by Crippen LogP contribution is -2.44. The molecule has 0 bridgehead atoms. The Morgan fingerprint density at radius 3 is 2.48 bits per heavy atom. The van der Waals surface area contributed by atoms with Crippen molar-refractivity contribution >= 4 is 23.5 Å². The standard InChI is InChI=1S/C20H25N7O3S/c1-12(2)17(14(4)28)21-16(29)11-31-20-22-23-24-26(20)18-13(3)25(5)27(19(18)30)15-9-7-6-8-10-15/h6-10,12,17H,11H2,1-5H3,(H,21,29). The van der Waals surface area contributed by atoms with Crippen LogP contribution in [0.15, 0.2) is 40.3 Å². The molecular weight excluding hydrogens is 418 g/mol. The SMILES string of the molecule is CC(=O)C(NC(=O)CSc1nnnn1-c1c(C)n(C)n(-c2ccccc2)c1=O)C(C)C. The van der Waals surface area contributed by atoms with Crippen LogP contribution >= 0.6 is 11.8 Å². The third-order valence-electron chi connectivity index (χ3n) is 4.93. The van der Waals surface area contributed by atoms with E-state index in [1.165, 1.54) is 16.3 Å². The van der Waals surface area contributed by atoms with Gasteiger partial charge in [0, 0.05) is 7.05 Å². The number of aromatic nitrogens is 6. The molecule has 3 aromatic rings. The minimum atomic E-state index is -0.543. The van der Waals surface area contributed by atoms with Gasteiger partial charge in [-0.3, -0.25) is 19.1 Å². The van der Waals surface area contributed by atoms with Crippen LogP contribution in [0.3, 0.4) is 0 Å². The molecule has 10 nitrogen and oxygen atoms in total. The minimum Gasteiger partial charge on any atom is -0.345 e. The minimum absolute atomic E-state index is 0.00955. The van der Waals surface area contributed by atoms with Gasteiger partial charge in [-0.05, 0) is 42.3 Å². The lowest BCUT2D eigenvalue weighted by Gasteiger charge is -2.19. The average molecular weight is 444 g/mol. The Morgan fingerprint density at radius 2 is 1.87 bits per heavy atom. The van der Waals surface area contributed by atoms with Crippen molar-refractivity contribution in [3.8, 4) is 11.4 Å². The number of Topliss-reactive ketones (excluding diaryl/α,β-unsaturated/α-hetero) is 1. The van der Waals surface area contributed by atoms with Gasteiger partial charge in [-0.1, -0.05) is 43.8 Å². The van der Waals surface area contributed by atoms with Crippen molar-refractivity contribution in [2.45, 2.75) is 38.9 Å². The molecular formula is C20H25N7O3S. The predicted octanol–water partition coefficient (Wildman–Crippen LogP) is 1.28. The van der Waals surface area contributed by atoms with E-state index in [1.807, 2.05) is 44.2 Å². The first-order valence-corrected chi connectivity index (χ1v) is 10.8. The third-order valence-corrected chi connectivity index (χ3v) is 5.85. The first-order chi connectivity index (χ1) is 14.7. The average Bonchev–Trinajstić information content (AvgIpc) is 3.26. The van der Waals surface area contributed by atoms with Crippen LogP contribution in [0.25, 0.3) is 11.4 Å². The van der Waals surface area contributed by atoms with Crippen LogP contribution < -0.4 is 10.9 Å². The van der Waals surface area contributed by atoms with Crippen molar-refractivity contribution in [2.24, 2.45) is 13.0 Å². The normalized spacial score (nSPS) is 12.2. The molecule has 0 aliphatic rings. The number of carbonyl (C=O) groups is 2. The number of benzene rings is 1. The van der Waals surface area contributed by atoms with Crippen molar-refractivity contribution in [3.05, 3.63) is 46.4 Å². The fourth-order valence-electron chi connectivity index (χ4n) is 3.29. The van der Waals surface area contributed by atoms with Crippen LogP contribution in [-0.4, -0.2) is 53.1 Å². The first-order valence-electron chi connectivity index (χ1n) is 9.77. The maximum absolute atomic E-state index is 13.2. The van der Waals surface area contributed by atoms with E-state index in [4.69, 9.17) is 0 Å². The van der Waals surface area contributed by atoms with Gasteiger partial charge in [-0.15, -0.1) is 5.10 Å². The number of nitrogens with zero attached hydrogens (tertiary/aromatic N) is 6. The second-order valence-corrected chi connectivity index (χ2v) is 8.41. The Balaban J connectivity index is 1.85. The van der Waals surface area contributed by atoms with Crippen LogP contribution in [0.2, 0.25) is 0 Å². The van der Waals surface area contributed by atoms with Crippen molar-refractivity contribution in [2.75, 3.05) is 5.75 Å². The summed E-state index contributed by atoms with van der Waals surface area (Å²) in [7, 11) is 1.78. The van der Waals surface area contributed by atoms with Gasteiger partial charge in [0.1, 0.15) is 0 Å². The van der Waals surface area contributed by atoms with Gasteiger partial charge >= 0.3 is 0 Å². The number of para-hydroxylation sites is 1. The number of rotatable bonds is 8. The fourth-order valence-corrected chi connectivity index (χ4v) is 3.98. The lowest BCUT2D eigenvalue weighted by molar-refractivity contribution is -0.126. The Labute approximate surface area is 183 Å². The number of thioether (sulfide) groups is 1. The van der Waals surface area contributed by atoms with E-state index >= 15 is 0 Å². The zero-order chi connectivity index (χ0) is 22.7. The maximum Gasteiger partial charge on any atom is 0.297 e. The van der Waals surface area contributed by atoms with Crippen molar-refractivity contribution < 1.29 is 9.59 Å². The van der Waals surface area contributed by atoms with Gasteiger partial charge in [0.05, 0.1) is 23.2 Å². The van der Waals surface area contributed by atoms with Crippen LogP contribution in [-0.2, 0) is 16.6 Å². The molecule has 164 valence electrons. The van der Waals surface area contributed by atoms with Crippen molar-refractivity contribution in [1.82, 2.24) is 34.9 Å². The smallest absolute Gasteiger partial charge is 0.297 e. The van der Waals surface area contributed by atoms with E-state index in [0.29, 0.717) is 16.5 Å². The largest absolute Gasteiger partial charge is 0.345 e. The number of nitrogens with one attached hydrogen (secondary N) is 1. The van der Waals surface area contributed by atoms with Crippen molar-refractivity contribution in [1.29, 1.82) is 0 Å². The van der Waals surface area contributed by atoms with E-state index in [0.717, 1.165) is 17.4 Å². The van der Waals surface area contributed by atoms with Gasteiger partial charge in [0.25, 0.3) is 5.56 Å². The molecule has 1 unspecified atom stereocenters. The number of amides is 1. The zero-order valence-corrected chi connectivity index (χ0v) is 18.9. The maximum atomic E-state index is 13.2. The topological polar surface area (TPSA) is 117 Å². The highest BCUT2D eigenvalue weighted by Crippen LogP contribution is 2.20. The number of carbonyl (C=O) groups excluding carboxylic acids is 2. The van der Waals surface area contributed by atoms with Gasteiger partial charge in [0.15, 0.2) is 11.5 Å². The Kier molecular flexibility index (Phi) is 6.74. The van der Waals surface area contributed by atoms with Gasteiger partial charge in [0.2, 0.25) is 11.1 Å². The summed E-state index contributed by atoms with van der Waals surface area (Å²) in [4.78, 5) is 37.3. The van der Waals surface area contributed by atoms with E-state index in [2.05, 4.69) is 20.8 Å². The van der Waals surface area contributed by atoms with Gasteiger partial charge in [-0.25, -0.2) is 4.68 Å². The summed E-state index contributed by atoms with van der Waals surface area (Å²) in [5.41, 5.74) is 1.42. The summed E-state index contributed by atoms with van der Waals surface area (Å²) in [6, 6.07) is 8.72. The summed E-state index contributed by atoms with van der Waals surface area (Å²) >= 11 is 1.10. The molecule has 1 amide bonds. The second-order valence-electron chi connectivity index (χ2n) is 7.47. The molecule has 0 aliphatic carbocycles. The number of hydrogen-bond donors (Lipinski definition) is 1. The Morgan fingerprint density at radius 1 is 1.19 bits per heavy atom. The van der Waals surface area contributed by atoms with Crippen molar-refractivity contribution in [3.63, 3.8) is 0 Å². The monoisotopic (exact) mass is 443 g/mol. The van der Waals surface area contributed by atoms with E-state index < -0.39 is 6.04 Å². The Bertz CT molecular complexity index is 1150. The summed E-state index contributed by atoms with van der Waals surface area (Å²) < 4.78 is 4.61. The molecule has 0 spiro atoms. The van der Waals surface area contributed by atoms with Crippen LogP contribution in [0.4, 0.5) is 0 Å². The molecule has 0 aliphatic heterocycles. The molecule has 0 saturated carbocycles. The summed E-state index contributed by atoms with van der Waals surface area (Å²) in [6.07, 6.45) is 0. The van der Waals surface area contributed by atoms with Crippen LogP contribution in [0.1, 0.15) is 26.5 Å². The summed E-state index contributed by atoms with van der Waals surface area (Å²) in [6.45, 7) is 7.00. The quantitative estimate of drug-likeness (QED) is 0.521.